The topological polar surface area (TPSA) is 56.5 Å². The number of carbonyl (C=O) groups is 1. The Kier molecular flexibility index (Phi) is 4.29. The highest BCUT2D eigenvalue weighted by Gasteiger charge is 2.32. The number of fused-ring (bicyclic) bond motifs is 3. The SMILES string of the molecule is CCCCCO/N=C1\c2cc3ccccc3cc2C(=O)c2c1ncn2C. The van der Waals surface area contributed by atoms with Crippen LogP contribution in [0.2, 0.25) is 0 Å². The quantitative estimate of drug-likeness (QED) is 0.404. The van der Waals surface area contributed by atoms with Gasteiger partial charge in [0, 0.05) is 18.2 Å². The highest BCUT2D eigenvalue weighted by molar-refractivity contribution is 6.29. The average Bonchev–Trinajstić information content (AvgIpc) is 3.04. The smallest absolute Gasteiger partial charge is 0.212 e. The molecule has 0 saturated carbocycles. The minimum atomic E-state index is -0.0225. The standard InChI is InChI=1S/C21H21N3O2/c1-3-4-7-10-26-23-18-16-11-14-8-5-6-9-15(14)12-17(16)21(25)20-19(18)22-13-24(20)2/h5-6,8-9,11-13H,3-4,7,10H2,1-2H3/b23-18+. The molecular formula is C21H21N3O2. The second kappa shape index (κ2) is 6.75. The maximum Gasteiger partial charge on any atom is 0.212 e. The van der Waals surface area contributed by atoms with Gasteiger partial charge in [0.2, 0.25) is 5.78 Å². The maximum absolute atomic E-state index is 13.0. The van der Waals surface area contributed by atoms with E-state index in [1.165, 1.54) is 0 Å². The van der Waals surface area contributed by atoms with E-state index in [-0.39, 0.29) is 5.78 Å². The van der Waals surface area contributed by atoms with Gasteiger partial charge >= 0.3 is 0 Å². The molecule has 0 fully saturated rings. The molecule has 0 amide bonds. The van der Waals surface area contributed by atoms with Gasteiger partial charge in [0.05, 0.1) is 6.33 Å². The lowest BCUT2D eigenvalue weighted by Crippen LogP contribution is -2.23. The van der Waals surface area contributed by atoms with Crippen LogP contribution in [0, 0.1) is 0 Å². The number of aryl methyl sites for hydroxylation is 1. The van der Waals surface area contributed by atoms with Gasteiger partial charge in [-0.15, -0.1) is 0 Å². The van der Waals surface area contributed by atoms with E-state index in [9.17, 15) is 4.79 Å². The summed E-state index contributed by atoms with van der Waals surface area (Å²) in [5.74, 6) is -0.0225. The molecule has 0 atom stereocenters. The summed E-state index contributed by atoms with van der Waals surface area (Å²) < 4.78 is 1.75. The molecule has 4 rings (SSSR count). The minimum Gasteiger partial charge on any atom is -0.395 e. The maximum atomic E-state index is 13.0. The molecule has 5 heteroatoms. The predicted molar refractivity (Wildman–Crippen MR) is 102 cm³/mol. The summed E-state index contributed by atoms with van der Waals surface area (Å²) >= 11 is 0. The summed E-state index contributed by atoms with van der Waals surface area (Å²) in [5, 5.41) is 6.48. The molecule has 1 aliphatic rings. The Hall–Kier alpha value is -2.95. The monoisotopic (exact) mass is 347 g/mol. The van der Waals surface area contributed by atoms with Gasteiger partial charge in [-0.2, -0.15) is 0 Å². The van der Waals surface area contributed by atoms with Crippen LogP contribution >= 0.6 is 0 Å². The zero-order valence-corrected chi connectivity index (χ0v) is 15.0. The third kappa shape index (κ3) is 2.69. The van der Waals surface area contributed by atoms with Crippen LogP contribution in [0.3, 0.4) is 0 Å². The number of ketones is 1. The number of oxime groups is 1. The van der Waals surface area contributed by atoms with E-state index >= 15 is 0 Å². The molecule has 2 aromatic carbocycles. The summed E-state index contributed by atoms with van der Waals surface area (Å²) in [7, 11) is 1.83. The van der Waals surface area contributed by atoms with Gasteiger partial charge in [-0.25, -0.2) is 4.98 Å². The highest BCUT2D eigenvalue weighted by Crippen LogP contribution is 2.30. The average molecular weight is 347 g/mol. The van der Waals surface area contributed by atoms with Gasteiger partial charge in [-0.3, -0.25) is 4.79 Å². The molecule has 26 heavy (non-hydrogen) atoms. The van der Waals surface area contributed by atoms with Crippen molar-refractivity contribution in [1.29, 1.82) is 0 Å². The largest absolute Gasteiger partial charge is 0.395 e. The van der Waals surface area contributed by atoms with Crippen LogP contribution in [-0.2, 0) is 11.9 Å². The second-order valence-electron chi connectivity index (χ2n) is 6.61. The molecule has 0 spiro atoms. The number of carbonyl (C=O) groups excluding carboxylic acids is 1. The first-order valence-corrected chi connectivity index (χ1v) is 9.00. The van der Waals surface area contributed by atoms with Gasteiger partial charge in [0.15, 0.2) is 0 Å². The van der Waals surface area contributed by atoms with Crippen LogP contribution in [0.15, 0.2) is 47.9 Å². The van der Waals surface area contributed by atoms with Crippen LogP contribution in [0.1, 0.15) is 53.5 Å². The molecule has 0 saturated heterocycles. The number of hydrogen-bond acceptors (Lipinski definition) is 4. The first-order valence-electron chi connectivity index (χ1n) is 9.00. The third-order valence-corrected chi connectivity index (χ3v) is 4.76. The molecule has 0 bridgehead atoms. The van der Waals surface area contributed by atoms with E-state index in [0.717, 1.165) is 35.6 Å². The predicted octanol–water partition coefficient (Wildman–Crippen LogP) is 4.08. The van der Waals surface area contributed by atoms with Crippen LogP contribution in [0.4, 0.5) is 0 Å². The molecule has 0 N–H and O–H groups in total. The fourth-order valence-electron chi connectivity index (χ4n) is 3.37. The number of rotatable bonds is 5. The Morgan fingerprint density at radius 1 is 1.12 bits per heavy atom. The fraction of sp³-hybridized carbons (Fsp3) is 0.286. The number of hydrogen-bond donors (Lipinski definition) is 0. The normalized spacial score (nSPS) is 14.5. The van der Waals surface area contributed by atoms with E-state index in [1.807, 2.05) is 43.4 Å². The summed E-state index contributed by atoms with van der Waals surface area (Å²) in [6, 6.07) is 12.0. The molecule has 1 aliphatic carbocycles. The van der Waals surface area contributed by atoms with Crippen LogP contribution in [-0.4, -0.2) is 27.7 Å². The lowest BCUT2D eigenvalue weighted by atomic mass is 9.87. The van der Waals surface area contributed by atoms with Crippen LogP contribution < -0.4 is 0 Å². The molecule has 1 aromatic heterocycles. The highest BCUT2D eigenvalue weighted by atomic mass is 16.6. The van der Waals surface area contributed by atoms with Gasteiger partial charge < -0.3 is 9.40 Å². The molecule has 0 aliphatic heterocycles. The van der Waals surface area contributed by atoms with Crippen LogP contribution in [0.5, 0.6) is 0 Å². The van der Waals surface area contributed by atoms with Crippen molar-refractivity contribution < 1.29 is 9.63 Å². The minimum absolute atomic E-state index is 0.0225. The molecule has 3 aromatic rings. The molecular weight excluding hydrogens is 326 g/mol. The van der Waals surface area contributed by atoms with E-state index in [1.54, 1.807) is 10.9 Å². The van der Waals surface area contributed by atoms with Gasteiger partial charge in [0.1, 0.15) is 23.7 Å². The van der Waals surface area contributed by atoms with Crippen molar-refractivity contribution in [2.75, 3.05) is 6.61 Å². The molecule has 132 valence electrons. The zero-order chi connectivity index (χ0) is 18.1. The van der Waals surface area contributed by atoms with Crippen molar-refractivity contribution >= 4 is 22.3 Å². The van der Waals surface area contributed by atoms with E-state index in [4.69, 9.17) is 4.84 Å². The molecule has 1 heterocycles. The summed E-state index contributed by atoms with van der Waals surface area (Å²) in [6.07, 6.45) is 4.86. The third-order valence-electron chi connectivity index (χ3n) is 4.76. The van der Waals surface area contributed by atoms with Crippen molar-refractivity contribution in [3.05, 3.63) is 65.2 Å². The van der Waals surface area contributed by atoms with Crippen molar-refractivity contribution in [2.24, 2.45) is 12.2 Å². The molecule has 5 nitrogen and oxygen atoms in total. The van der Waals surface area contributed by atoms with Gasteiger partial charge in [-0.05, 0) is 29.3 Å². The Morgan fingerprint density at radius 3 is 2.58 bits per heavy atom. The first-order chi connectivity index (χ1) is 12.7. The summed E-state index contributed by atoms with van der Waals surface area (Å²) in [5.41, 5.74) is 3.23. The number of aromatic nitrogens is 2. The van der Waals surface area contributed by atoms with Gasteiger partial charge in [0.25, 0.3) is 0 Å². The molecule has 0 radical (unpaired) electrons. The van der Waals surface area contributed by atoms with Crippen molar-refractivity contribution in [3.8, 4) is 0 Å². The Morgan fingerprint density at radius 2 is 1.85 bits per heavy atom. The number of nitrogens with zero attached hydrogens (tertiary/aromatic N) is 3. The van der Waals surface area contributed by atoms with Crippen molar-refractivity contribution in [1.82, 2.24) is 9.55 Å². The fourth-order valence-corrected chi connectivity index (χ4v) is 3.37. The summed E-state index contributed by atoms with van der Waals surface area (Å²) in [4.78, 5) is 23.0. The molecule has 0 unspecified atom stereocenters. The van der Waals surface area contributed by atoms with Gasteiger partial charge in [-0.1, -0.05) is 49.2 Å². The Balaban J connectivity index is 1.83. The second-order valence-corrected chi connectivity index (χ2v) is 6.61. The van der Waals surface area contributed by atoms with E-state index < -0.39 is 0 Å². The van der Waals surface area contributed by atoms with Crippen molar-refractivity contribution in [2.45, 2.75) is 26.2 Å². The lowest BCUT2D eigenvalue weighted by molar-refractivity contribution is 0.102. The Bertz CT molecular complexity index is 1020. The number of unbranched alkanes of at least 4 members (excludes halogenated alkanes) is 2. The summed E-state index contributed by atoms with van der Waals surface area (Å²) in [6.45, 7) is 2.72. The van der Waals surface area contributed by atoms with E-state index in [0.29, 0.717) is 29.3 Å². The Labute approximate surface area is 152 Å². The number of imidazole rings is 1. The zero-order valence-electron chi connectivity index (χ0n) is 15.0. The number of benzene rings is 2. The lowest BCUT2D eigenvalue weighted by Gasteiger charge is -2.18. The van der Waals surface area contributed by atoms with Crippen LogP contribution in [0.25, 0.3) is 10.8 Å². The van der Waals surface area contributed by atoms with Crippen molar-refractivity contribution in [3.63, 3.8) is 0 Å². The first kappa shape index (κ1) is 16.5. The van der Waals surface area contributed by atoms with E-state index in [2.05, 4.69) is 17.1 Å².